The quantitative estimate of drug-likeness (QED) is 0.638. The molecule has 0 radical (unpaired) electrons. The Morgan fingerprint density at radius 3 is 2.17 bits per heavy atom. The predicted octanol–water partition coefficient (Wildman–Crippen LogP) is 2.58. The van der Waals surface area contributed by atoms with Gasteiger partial charge in [0.25, 0.3) is 0 Å². The first-order chi connectivity index (χ1) is 5.40. The molecule has 1 heteroatoms. The van der Waals surface area contributed by atoms with Crippen LogP contribution in [0.25, 0.3) is 0 Å². The van der Waals surface area contributed by atoms with Gasteiger partial charge in [-0.05, 0) is 29.1 Å². The molecule has 2 aliphatic rings. The molecule has 1 nitrogen and oxygen atoms in total. The Morgan fingerprint density at radius 1 is 1.33 bits per heavy atom. The van der Waals surface area contributed by atoms with E-state index >= 15 is 0 Å². The summed E-state index contributed by atoms with van der Waals surface area (Å²) in [4.78, 5) is 0. The van der Waals surface area contributed by atoms with Gasteiger partial charge in [0.05, 0.1) is 6.10 Å². The van der Waals surface area contributed by atoms with E-state index in [2.05, 4.69) is 27.7 Å². The summed E-state index contributed by atoms with van der Waals surface area (Å²) in [6.07, 6.45) is 3.60. The van der Waals surface area contributed by atoms with Gasteiger partial charge in [0, 0.05) is 0 Å². The molecule has 2 aliphatic carbocycles. The lowest BCUT2D eigenvalue weighted by Gasteiger charge is -2.53. The summed E-state index contributed by atoms with van der Waals surface area (Å²) in [5, 5.41) is 9.68. The number of aliphatic hydroxyl groups is 1. The average molecular weight is 168 g/mol. The van der Waals surface area contributed by atoms with Crippen LogP contribution >= 0.6 is 0 Å². The molecule has 2 fully saturated rings. The molecule has 0 aromatic rings. The molecule has 2 saturated carbocycles. The van der Waals surface area contributed by atoms with E-state index in [1.54, 1.807) is 0 Å². The van der Waals surface area contributed by atoms with Crippen LogP contribution < -0.4 is 0 Å². The van der Waals surface area contributed by atoms with Crippen molar-refractivity contribution in [2.45, 2.75) is 53.1 Å². The number of hydrogen-bond donors (Lipinski definition) is 1. The fourth-order valence-corrected chi connectivity index (χ4v) is 3.45. The van der Waals surface area contributed by atoms with Gasteiger partial charge in [0.15, 0.2) is 0 Å². The van der Waals surface area contributed by atoms with E-state index in [-0.39, 0.29) is 11.5 Å². The van der Waals surface area contributed by atoms with E-state index in [0.717, 1.165) is 6.42 Å². The topological polar surface area (TPSA) is 20.2 Å². The van der Waals surface area contributed by atoms with Crippen molar-refractivity contribution in [3.8, 4) is 0 Å². The highest BCUT2D eigenvalue weighted by atomic mass is 16.3. The third-order valence-electron chi connectivity index (χ3n) is 5.11. The van der Waals surface area contributed by atoms with Crippen molar-refractivity contribution in [1.29, 1.82) is 0 Å². The SMILES string of the molecule is CCC1(C)CC12CC(O)C2(C)C. The van der Waals surface area contributed by atoms with Crippen molar-refractivity contribution < 1.29 is 5.11 Å². The number of aliphatic hydroxyl groups excluding tert-OH is 1. The Bertz CT molecular complexity index is 217. The van der Waals surface area contributed by atoms with Crippen LogP contribution in [0.3, 0.4) is 0 Å². The molecule has 0 heterocycles. The first-order valence-electron chi connectivity index (χ1n) is 5.08. The largest absolute Gasteiger partial charge is 0.393 e. The Kier molecular flexibility index (Phi) is 1.35. The van der Waals surface area contributed by atoms with Gasteiger partial charge in [-0.1, -0.05) is 34.1 Å². The maximum Gasteiger partial charge on any atom is 0.0602 e. The van der Waals surface area contributed by atoms with Crippen molar-refractivity contribution in [3.63, 3.8) is 0 Å². The highest BCUT2D eigenvalue weighted by Crippen LogP contribution is 2.81. The molecule has 70 valence electrons. The van der Waals surface area contributed by atoms with Crippen molar-refractivity contribution >= 4 is 0 Å². The summed E-state index contributed by atoms with van der Waals surface area (Å²) in [7, 11) is 0. The van der Waals surface area contributed by atoms with Crippen LogP contribution in [0.2, 0.25) is 0 Å². The van der Waals surface area contributed by atoms with Crippen LogP contribution in [0.5, 0.6) is 0 Å². The van der Waals surface area contributed by atoms with E-state index in [4.69, 9.17) is 0 Å². The molecule has 0 saturated heterocycles. The summed E-state index contributed by atoms with van der Waals surface area (Å²) in [5.41, 5.74) is 1.21. The van der Waals surface area contributed by atoms with Gasteiger partial charge < -0.3 is 5.11 Å². The van der Waals surface area contributed by atoms with Crippen LogP contribution in [0, 0.1) is 16.2 Å². The van der Waals surface area contributed by atoms with Gasteiger partial charge in [0.1, 0.15) is 0 Å². The molecule has 0 aromatic carbocycles. The predicted molar refractivity (Wildman–Crippen MR) is 49.9 cm³/mol. The van der Waals surface area contributed by atoms with E-state index in [0.29, 0.717) is 10.8 Å². The fourth-order valence-electron chi connectivity index (χ4n) is 3.45. The fraction of sp³-hybridized carbons (Fsp3) is 1.00. The van der Waals surface area contributed by atoms with Crippen LogP contribution in [0.15, 0.2) is 0 Å². The van der Waals surface area contributed by atoms with E-state index in [9.17, 15) is 5.11 Å². The summed E-state index contributed by atoms with van der Waals surface area (Å²) in [6, 6.07) is 0. The monoisotopic (exact) mass is 168 g/mol. The molecule has 1 spiro atoms. The molecular formula is C11H20O. The van der Waals surface area contributed by atoms with Gasteiger partial charge in [-0.2, -0.15) is 0 Å². The molecule has 2 rings (SSSR count). The Hall–Kier alpha value is -0.0400. The smallest absolute Gasteiger partial charge is 0.0602 e. The van der Waals surface area contributed by atoms with Gasteiger partial charge in [-0.25, -0.2) is 0 Å². The van der Waals surface area contributed by atoms with Gasteiger partial charge in [-0.3, -0.25) is 0 Å². The number of hydrogen-bond acceptors (Lipinski definition) is 1. The lowest BCUT2D eigenvalue weighted by atomic mass is 9.54. The first kappa shape index (κ1) is 8.55. The summed E-state index contributed by atoms with van der Waals surface area (Å²) in [5.74, 6) is 0. The maximum absolute atomic E-state index is 9.68. The summed E-state index contributed by atoms with van der Waals surface area (Å²) in [6.45, 7) is 9.10. The number of rotatable bonds is 1. The molecule has 0 aliphatic heterocycles. The summed E-state index contributed by atoms with van der Waals surface area (Å²) >= 11 is 0. The van der Waals surface area contributed by atoms with E-state index in [1.165, 1.54) is 12.8 Å². The van der Waals surface area contributed by atoms with Crippen molar-refractivity contribution in [2.24, 2.45) is 16.2 Å². The molecule has 0 bridgehead atoms. The average Bonchev–Trinajstić information content (AvgIpc) is 2.62. The van der Waals surface area contributed by atoms with Crippen LogP contribution in [-0.4, -0.2) is 11.2 Å². The summed E-state index contributed by atoms with van der Waals surface area (Å²) < 4.78 is 0. The van der Waals surface area contributed by atoms with E-state index < -0.39 is 0 Å². The Balaban J connectivity index is 2.20. The molecule has 3 atom stereocenters. The van der Waals surface area contributed by atoms with E-state index in [1.807, 2.05) is 0 Å². The normalized spacial score (nSPS) is 55.2. The third kappa shape index (κ3) is 0.618. The Morgan fingerprint density at radius 2 is 1.92 bits per heavy atom. The zero-order valence-electron chi connectivity index (χ0n) is 8.65. The van der Waals surface area contributed by atoms with Crippen molar-refractivity contribution in [1.82, 2.24) is 0 Å². The second-order valence-corrected chi connectivity index (χ2v) is 5.61. The van der Waals surface area contributed by atoms with Crippen molar-refractivity contribution in [2.75, 3.05) is 0 Å². The highest BCUT2D eigenvalue weighted by Gasteiger charge is 2.77. The molecule has 1 N–H and O–H groups in total. The zero-order valence-corrected chi connectivity index (χ0v) is 8.65. The van der Waals surface area contributed by atoms with Crippen molar-refractivity contribution in [3.05, 3.63) is 0 Å². The standard InChI is InChI=1S/C11H20O/c1-5-10(4)7-11(10)6-8(12)9(11,2)3/h8,12H,5-7H2,1-4H3. The lowest BCUT2D eigenvalue weighted by molar-refractivity contribution is -0.133. The minimum atomic E-state index is -0.0501. The lowest BCUT2D eigenvalue weighted by Crippen LogP contribution is -2.53. The van der Waals surface area contributed by atoms with Crippen LogP contribution in [0.4, 0.5) is 0 Å². The molecule has 3 unspecified atom stereocenters. The van der Waals surface area contributed by atoms with Crippen LogP contribution in [0.1, 0.15) is 47.0 Å². The molecule has 0 amide bonds. The molecular weight excluding hydrogens is 148 g/mol. The maximum atomic E-state index is 9.68. The van der Waals surface area contributed by atoms with Gasteiger partial charge >= 0.3 is 0 Å². The zero-order chi connectivity index (χ0) is 9.20. The van der Waals surface area contributed by atoms with Crippen LogP contribution in [-0.2, 0) is 0 Å². The first-order valence-corrected chi connectivity index (χ1v) is 5.08. The molecule has 12 heavy (non-hydrogen) atoms. The molecule has 0 aromatic heterocycles. The van der Waals surface area contributed by atoms with Gasteiger partial charge in [-0.15, -0.1) is 0 Å². The Labute approximate surface area is 75.2 Å². The minimum Gasteiger partial charge on any atom is -0.393 e. The van der Waals surface area contributed by atoms with Gasteiger partial charge in [0.2, 0.25) is 0 Å². The highest BCUT2D eigenvalue weighted by molar-refractivity contribution is 5.25. The second-order valence-electron chi connectivity index (χ2n) is 5.61. The second kappa shape index (κ2) is 1.89. The third-order valence-corrected chi connectivity index (χ3v) is 5.11. The minimum absolute atomic E-state index is 0.0501.